The second-order valence-corrected chi connectivity index (χ2v) is 7.01. The lowest BCUT2D eigenvalue weighted by Gasteiger charge is -2.26. The first-order chi connectivity index (χ1) is 9.20. The monoisotopic (exact) mass is 277 g/mol. The molecule has 3 atom stereocenters. The number of benzene rings is 1. The van der Waals surface area contributed by atoms with Crippen LogP contribution < -0.4 is 5.32 Å². The second kappa shape index (κ2) is 5.10. The van der Waals surface area contributed by atoms with Crippen molar-refractivity contribution < 1.29 is 8.63 Å². The summed E-state index contributed by atoms with van der Waals surface area (Å²) in [6.07, 6.45) is 0.937. The van der Waals surface area contributed by atoms with Gasteiger partial charge in [-0.1, -0.05) is 25.1 Å². The molecule has 1 fully saturated rings. The Bertz CT molecular complexity index is 620. The Morgan fingerprint density at radius 2 is 2.21 bits per heavy atom. The Labute approximate surface area is 115 Å². The molecule has 1 saturated heterocycles. The maximum absolute atomic E-state index is 12.0. The van der Waals surface area contributed by atoms with Gasteiger partial charge in [-0.15, -0.1) is 0 Å². The molecule has 0 radical (unpaired) electrons. The van der Waals surface area contributed by atoms with Crippen LogP contribution in [-0.4, -0.2) is 21.8 Å². The molecule has 0 saturated carbocycles. The zero-order chi connectivity index (χ0) is 13.4. The molecule has 102 valence electrons. The average Bonchev–Trinajstić information content (AvgIpc) is 2.80. The minimum absolute atomic E-state index is 0.0828. The number of para-hydroxylation sites is 1. The van der Waals surface area contributed by atoms with Gasteiger partial charge < -0.3 is 9.73 Å². The molecule has 4 heteroatoms. The number of fused-ring (bicyclic) bond motifs is 1. The van der Waals surface area contributed by atoms with Crippen molar-refractivity contribution in [1.29, 1.82) is 0 Å². The van der Waals surface area contributed by atoms with Crippen LogP contribution in [-0.2, 0) is 17.2 Å². The highest BCUT2D eigenvalue weighted by molar-refractivity contribution is 7.85. The summed E-state index contributed by atoms with van der Waals surface area (Å²) >= 11 is 0. The van der Waals surface area contributed by atoms with Crippen molar-refractivity contribution in [2.45, 2.75) is 31.6 Å². The molecular weight excluding hydrogens is 258 g/mol. The largest absolute Gasteiger partial charge is 0.459 e. The number of nitrogens with one attached hydrogen (secondary N) is 1. The molecule has 1 aromatic heterocycles. The molecule has 0 amide bonds. The third-order valence-electron chi connectivity index (χ3n) is 3.83. The SMILES string of the molecule is CCc1c(C2CS(=O)C(C)CN2)oc2ccccc12. The van der Waals surface area contributed by atoms with E-state index in [0.717, 1.165) is 24.3 Å². The smallest absolute Gasteiger partial charge is 0.134 e. The Morgan fingerprint density at radius 1 is 1.42 bits per heavy atom. The minimum Gasteiger partial charge on any atom is -0.459 e. The number of rotatable bonds is 2. The standard InChI is InChI=1S/C15H19NO2S/c1-3-11-12-6-4-5-7-14(12)18-15(11)13-9-19(17)10(2)8-16-13/h4-7,10,13,16H,3,8-9H2,1-2H3. The lowest BCUT2D eigenvalue weighted by Crippen LogP contribution is -2.41. The van der Waals surface area contributed by atoms with Crippen LogP contribution in [0.5, 0.6) is 0 Å². The van der Waals surface area contributed by atoms with Gasteiger partial charge in [0.05, 0.1) is 6.04 Å². The molecule has 1 aliphatic rings. The third kappa shape index (κ3) is 2.23. The summed E-state index contributed by atoms with van der Waals surface area (Å²) in [7, 11) is -0.770. The highest BCUT2D eigenvalue weighted by Gasteiger charge is 2.29. The van der Waals surface area contributed by atoms with Crippen molar-refractivity contribution >= 4 is 21.8 Å². The molecule has 1 aromatic carbocycles. The molecule has 2 aromatic rings. The van der Waals surface area contributed by atoms with Crippen LogP contribution >= 0.6 is 0 Å². The van der Waals surface area contributed by atoms with Crippen LogP contribution in [0.15, 0.2) is 28.7 Å². The minimum atomic E-state index is -0.770. The van der Waals surface area contributed by atoms with Crippen LogP contribution in [0.3, 0.4) is 0 Å². The maximum Gasteiger partial charge on any atom is 0.134 e. The first kappa shape index (κ1) is 12.9. The lowest BCUT2D eigenvalue weighted by molar-refractivity contribution is 0.438. The normalized spacial score (nSPS) is 27.8. The summed E-state index contributed by atoms with van der Waals surface area (Å²) < 4.78 is 18.0. The number of aryl methyl sites for hydroxylation is 1. The summed E-state index contributed by atoms with van der Waals surface area (Å²) in [5.41, 5.74) is 2.18. The van der Waals surface area contributed by atoms with E-state index in [1.807, 2.05) is 25.1 Å². The molecule has 19 heavy (non-hydrogen) atoms. The molecule has 0 spiro atoms. The van der Waals surface area contributed by atoms with Crippen molar-refractivity contribution in [3.63, 3.8) is 0 Å². The summed E-state index contributed by atoms with van der Waals surface area (Å²) in [5.74, 6) is 1.62. The molecule has 0 bridgehead atoms. The van der Waals surface area contributed by atoms with Crippen LogP contribution in [0, 0.1) is 0 Å². The summed E-state index contributed by atoms with van der Waals surface area (Å²) in [6, 6.07) is 8.21. The van der Waals surface area contributed by atoms with Gasteiger partial charge in [-0.05, 0) is 19.4 Å². The van der Waals surface area contributed by atoms with Gasteiger partial charge in [0.1, 0.15) is 11.3 Å². The summed E-state index contributed by atoms with van der Waals surface area (Å²) in [6.45, 7) is 4.96. The van der Waals surface area contributed by atoms with Gasteiger partial charge in [0.2, 0.25) is 0 Å². The van der Waals surface area contributed by atoms with Gasteiger partial charge in [0, 0.05) is 39.3 Å². The van der Waals surface area contributed by atoms with E-state index < -0.39 is 10.8 Å². The van der Waals surface area contributed by atoms with E-state index in [2.05, 4.69) is 18.3 Å². The van der Waals surface area contributed by atoms with E-state index >= 15 is 0 Å². The first-order valence-corrected chi connectivity index (χ1v) is 8.19. The molecule has 1 N–H and O–H groups in total. The maximum atomic E-state index is 12.0. The molecule has 3 nitrogen and oxygen atoms in total. The quantitative estimate of drug-likeness (QED) is 0.918. The van der Waals surface area contributed by atoms with Crippen LogP contribution in [0.2, 0.25) is 0 Å². The lowest BCUT2D eigenvalue weighted by atomic mass is 10.0. The molecule has 2 heterocycles. The van der Waals surface area contributed by atoms with E-state index in [9.17, 15) is 4.21 Å². The van der Waals surface area contributed by atoms with Gasteiger partial charge in [-0.2, -0.15) is 0 Å². The number of hydrogen-bond acceptors (Lipinski definition) is 3. The van der Waals surface area contributed by atoms with Crippen LogP contribution in [0.4, 0.5) is 0 Å². The summed E-state index contributed by atoms with van der Waals surface area (Å²) in [4.78, 5) is 0. The molecule has 3 unspecified atom stereocenters. The molecule has 3 rings (SSSR count). The predicted octanol–water partition coefficient (Wildman–Crippen LogP) is 2.78. The predicted molar refractivity (Wildman–Crippen MR) is 78.8 cm³/mol. The fourth-order valence-corrected chi connectivity index (χ4v) is 3.93. The van der Waals surface area contributed by atoms with E-state index in [0.29, 0.717) is 5.75 Å². The fraction of sp³-hybridized carbons (Fsp3) is 0.467. The van der Waals surface area contributed by atoms with E-state index in [-0.39, 0.29) is 11.3 Å². The Morgan fingerprint density at radius 3 is 2.95 bits per heavy atom. The topological polar surface area (TPSA) is 42.2 Å². The van der Waals surface area contributed by atoms with Crippen molar-refractivity contribution in [2.24, 2.45) is 0 Å². The van der Waals surface area contributed by atoms with Gasteiger partial charge in [0.25, 0.3) is 0 Å². The Kier molecular flexibility index (Phi) is 3.46. The molecule has 0 aliphatic carbocycles. The van der Waals surface area contributed by atoms with Gasteiger partial charge in [-0.3, -0.25) is 4.21 Å². The van der Waals surface area contributed by atoms with E-state index in [4.69, 9.17) is 4.42 Å². The van der Waals surface area contributed by atoms with Crippen molar-refractivity contribution in [3.8, 4) is 0 Å². The van der Waals surface area contributed by atoms with E-state index in [1.54, 1.807) is 0 Å². The van der Waals surface area contributed by atoms with Crippen LogP contribution in [0.25, 0.3) is 11.0 Å². The van der Waals surface area contributed by atoms with E-state index in [1.165, 1.54) is 10.9 Å². The van der Waals surface area contributed by atoms with Crippen molar-refractivity contribution in [2.75, 3.05) is 12.3 Å². The highest BCUT2D eigenvalue weighted by atomic mass is 32.2. The molecule has 1 aliphatic heterocycles. The summed E-state index contributed by atoms with van der Waals surface area (Å²) in [5, 5.41) is 4.88. The van der Waals surface area contributed by atoms with Gasteiger partial charge in [0.15, 0.2) is 0 Å². The van der Waals surface area contributed by atoms with Gasteiger partial charge >= 0.3 is 0 Å². The number of hydrogen-bond donors (Lipinski definition) is 1. The van der Waals surface area contributed by atoms with Gasteiger partial charge in [-0.25, -0.2) is 0 Å². The highest BCUT2D eigenvalue weighted by Crippen LogP contribution is 2.32. The van der Waals surface area contributed by atoms with Crippen molar-refractivity contribution in [1.82, 2.24) is 5.32 Å². The first-order valence-electron chi connectivity index (χ1n) is 6.81. The van der Waals surface area contributed by atoms with Crippen molar-refractivity contribution in [3.05, 3.63) is 35.6 Å². The average molecular weight is 277 g/mol. The Balaban J connectivity index is 2.02. The zero-order valence-corrected chi connectivity index (χ0v) is 12.1. The third-order valence-corrected chi connectivity index (χ3v) is 5.56. The molecular formula is C15H19NO2S. The second-order valence-electron chi connectivity index (χ2n) is 5.11. The van der Waals surface area contributed by atoms with Crippen LogP contribution in [0.1, 0.15) is 31.2 Å². The number of furan rings is 1. The zero-order valence-electron chi connectivity index (χ0n) is 11.3. The Hall–Kier alpha value is -1.13. The fourth-order valence-electron chi connectivity index (χ4n) is 2.72.